The van der Waals surface area contributed by atoms with Crippen LogP contribution in [0.15, 0.2) is 164 Å². The summed E-state index contributed by atoms with van der Waals surface area (Å²) in [5.74, 6) is 6.20. The molecule has 11 heterocycles. The number of alkyl halides is 1. The first-order chi connectivity index (χ1) is 59.1. The molecule has 0 amide bonds. The lowest BCUT2D eigenvalue weighted by Crippen LogP contribution is -2.18. The van der Waals surface area contributed by atoms with E-state index in [2.05, 4.69) is 104 Å². The van der Waals surface area contributed by atoms with E-state index < -0.39 is 13.2 Å². The fraction of sp³-hybridized carbons (Fsp3) is 0.241. The van der Waals surface area contributed by atoms with Gasteiger partial charge < -0.3 is 61.5 Å². The molecule has 0 atom stereocenters. The molecule has 16 aromatic rings. The van der Waals surface area contributed by atoms with Crippen LogP contribution in [0, 0.1) is 34.6 Å². The van der Waals surface area contributed by atoms with Crippen molar-refractivity contribution in [1.82, 2.24) is 89.3 Å². The first-order valence-electron chi connectivity index (χ1n) is 38.5. The van der Waals surface area contributed by atoms with Gasteiger partial charge >= 0.3 is 0 Å². The van der Waals surface area contributed by atoms with Crippen LogP contribution in [-0.4, -0.2) is 160 Å². The number of para-hydroxylation sites is 5. The number of aliphatic hydroxyl groups excluding tert-OH is 2. The van der Waals surface area contributed by atoms with Gasteiger partial charge in [-0.1, -0.05) is 84.4 Å². The number of nitrogens with two attached hydrogens (primary N) is 1. The van der Waals surface area contributed by atoms with E-state index in [0.717, 1.165) is 154 Å². The summed E-state index contributed by atoms with van der Waals surface area (Å²) >= 11 is 23.4. The molecule has 0 saturated carbocycles. The van der Waals surface area contributed by atoms with E-state index in [4.69, 9.17) is 91.3 Å². The predicted molar refractivity (Wildman–Crippen MR) is 475 cm³/mol. The maximum atomic E-state index is 11.5. The zero-order valence-corrected chi connectivity index (χ0v) is 71.1. The Bertz CT molecular complexity index is 6460. The number of Topliss-reactive ketones (excluding diaryl/α,β-unsaturated/α-hetero) is 2. The number of nitrogens with one attached hydrogen (secondary N) is 5. The summed E-state index contributed by atoms with van der Waals surface area (Å²) in [7, 11) is 6.48. The van der Waals surface area contributed by atoms with Crippen LogP contribution >= 0.6 is 46.4 Å². The van der Waals surface area contributed by atoms with Gasteiger partial charge in [-0.05, 0) is 163 Å². The molecule has 35 heteroatoms. The van der Waals surface area contributed by atoms with Crippen molar-refractivity contribution < 1.29 is 38.7 Å². The first-order valence-corrected chi connectivity index (χ1v) is 40.1. The Kier molecular flexibility index (Phi) is 28.8. The van der Waals surface area contributed by atoms with Crippen molar-refractivity contribution in [3.8, 4) is 23.0 Å². The van der Waals surface area contributed by atoms with Crippen LogP contribution < -0.4 is 51.3 Å². The molecular formula is C87H87Cl4N23O8. The molecule has 2 aliphatic heterocycles. The van der Waals surface area contributed by atoms with Crippen LogP contribution in [0.1, 0.15) is 73.1 Å². The number of carbonyl (C=O) groups is 2. The molecule has 0 spiro atoms. The van der Waals surface area contributed by atoms with Crippen LogP contribution in [-0.2, 0) is 61.3 Å². The summed E-state index contributed by atoms with van der Waals surface area (Å²) in [6, 6.07) is 48.7. The molecule has 0 radical (unpaired) electrons. The molecule has 122 heavy (non-hydrogen) atoms. The fourth-order valence-electron chi connectivity index (χ4n) is 13.5. The lowest BCUT2D eigenvalue weighted by Gasteiger charge is -2.14. The third kappa shape index (κ3) is 20.7. The number of methoxy groups -OCH3 is 4. The average molecular weight is 1720 g/mol. The number of aryl methyl sites for hydroxylation is 5. The van der Waals surface area contributed by atoms with Crippen molar-refractivity contribution in [3.05, 3.63) is 253 Å². The second-order valence-corrected chi connectivity index (χ2v) is 29.4. The molecule has 7 aromatic carbocycles. The molecule has 2 aliphatic rings. The number of aliphatic hydroxyl groups is 2. The van der Waals surface area contributed by atoms with Gasteiger partial charge in [0, 0.05) is 102 Å². The van der Waals surface area contributed by atoms with Gasteiger partial charge in [0.15, 0.2) is 34.5 Å². The van der Waals surface area contributed by atoms with Gasteiger partial charge in [-0.25, -0.2) is 44.9 Å². The largest absolute Gasteiger partial charge is 0.497 e. The van der Waals surface area contributed by atoms with Gasteiger partial charge in [0.2, 0.25) is 28.4 Å². The third-order valence-corrected chi connectivity index (χ3v) is 20.6. The van der Waals surface area contributed by atoms with E-state index in [-0.39, 0.29) is 41.1 Å². The number of hydrogen-bond donors (Lipinski definition) is 8. The summed E-state index contributed by atoms with van der Waals surface area (Å²) in [4.78, 5) is 77.4. The smallest absolute Gasteiger partial charge is 0.226 e. The Morgan fingerprint density at radius 3 is 1.51 bits per heavy atom. The molecule has 0 saturated heterocycles. The van der Waals surface area contributed by atoms with Gasteiger partial charge in [0.05, 0.1) is 92.9 Å². The Labute approximate surface area is 720 Å². The summed E-state index contributed by atoms with van der Waals surface area (Å²) in [6.45, 7) is 14.1. The summed E-state index contributed by atoms with van der Waals surface area (Å²) in [5.41, 5.74) is 23.7. The molecular weight excluding hydrogens is 1640 g/mol. The Hall–Kier alpha value is -13.0. The number of nitrogen functional groups attached to an aromatic ring is 1. The molecule has 626 valence electrons. The van der Waals surface area contributed by atoms with Crippen LogP contribution in [0.5, 0.6) is 23.0 Å². The van der Waals surface area contributed by atoms with Crippen molar-refractivity contribution in [2.75, 3.05) is 81.7 Å². The Balaban J connectivity index is 0.000000130. The maximum absolute atomic E-state index is 11.5. The number of aromatic nitrogens is 16. The van der Waals surface area contributed by atoms with Crippen molar-refractivity contribution in [2.24, 2.45) is 0 Å². The van der Waals surface area contributed by atoms with Crippen LogP contribution in [0.2, 0.25) is 15.7 Å². The SMILES string of the molecule is COc1ccc(CNc2nc(NCC(=O)CO)c3cccc(C)c3n2)c(OC)c1.COc1ccc(CNc2nc3c(C)cccc3c3nc(CCl)nn23)c(OC)c1.Cc1cccc2c(Cl)nc(Cl)nc12.Cc1cccc2c(NCC(=O)CO)nc(Cl)nc12.Cc1cccc2c1nc(N)n1nc(CN3Cc4cccnc4C3)nc21.c1cnc2c(c1)CNC2. The Morgan fingerprint density at radius 1 is 0.475 bits per heavy atom. The number of fused-ring (bicyclic) bond motifs is 11. The topological polar surface area (TPSA) is 390 Å². The molecule has 9 aromatic heterocycles. The minimum Gasteiger partial charge on any atom is -0.497 e. The van der Waals surface area contributed by atoms with E-state index in [0.29, 0.717) is 71.6 Å². The molecule has 18 rings (SSSR count). The summed E-state index contributed by atoms with van der Waals surface area (Å²) < 4.78 is 24.7. The summed E-state index contributed by atoms with van der Waals surface area (Å²) in [5, 5.41) is 47.4. The minimum absolute atomic E-state index is 0.00683. The van der Waals surface area contributed by atoms with Gasteiger partial charge in [-0.2, -0.15) is 14.0 Å². The number of nitrogens with zero attached hydrogens (tertiary/aromatic N) is 17. The molecule has 0 fully saturated rings. The number of carbonyl (C=O) groups excluding carboxylic acids is 2. The van der Waals surface area contributed by atoms with Gasteiger partial charge in [-0.3, -0.25) is 24.5 Å². The zero-order chi connectivity index (χ0) is 86.1. The molecule has 0 aliphatic carbocycles. The summed E-state index contributed by atoms with van der Waals surface area (Å²) in [6.07, 6.45) is 3.68. The number of benzene rings is 7. The second kappa shape index (κ2) is 40.4. The van der Waals surface area contributed by atoms with E-state index in [1.165, 1.54) is 16.8 Å². The molecule has 9 N–H and O–H groups in total. The normalized spacial score (nSPS) is 11.9. The van der Waals surface area contributed by atoms with E-state index in [9.17, 15) is 9.59 Å². The van der Waals surface area contributed by atoms with Crippen LogP contribution in [0.3, 0.4) is 0 Å². The first kappa shape index (κ1) is 86.9. The maximum Gasteiger partial charge on any atom is 0.226 e. The van der Waals surface area contributed by atoms with E-state index in [1.807, 2.05) is 187 Å². The number of ether oxygens (including phenoxy) is 4. The van der Waals surface area contributed by atoms with Gasteiger partial charge in [0.25, 0.3) is 0 Å². The number of pyridine rings is 2. The zero-order valence-electron chi connectivity index (χ0n) is 68.1. The average Bonchev–Trinajstić information content (AvgIpc) is 1.59. The highest BCUT2D eigenvalue weighted by Gasteiger charge is 2.24. The highest BCUT2D eigenvalue weighted by atomic mass is 35.5. The highest BCUT2D eigenvalue weighted by molar-refractivity contribution is 6.35. The second-order valence-electron chi connectivity index (χ2n) is 28.1. The van der Waals surface area contributed by atoms with E-state index >= 15 is 0 Å². The lowest BCUT2D eigenvalue weighted by atomic mass is 10.1. The molecule has 0 bridgehead atoms. The predicted octanol–water partition coefficient (Wildman–Crippen LogP) is 14.1. The Morgan fingerprint density at radius 2 is 0.959 bits per heavy atom. The number of halogens is 4. The molecule has 31 nitrogen and oxygen atoms in total. The van der Waals surface area contributed by atoms with E-state index in [1.54, 1.807) is 37.5 Å². The number of ketones is 2. The quantitative estimate of drug-likeness (QED) is 0.0188. The van der Waals surface area contributed by atoms with Crippen molar-refractivity contribution >= 4 is 153 Å². The standard InChI is InChI=1S/C21H24N4O4.C20H20ClN5O2.C18H17N7.C12H12ClN3O2.C9H6Cl2N2.C7H8N2/c1-13-5-4-6-17-19(13)24-21(25-20(17)22-11-15(27)12-26)23-10-14-7-8-16(28-2)9-18(14)29-3;1-12-5-4-6-15-18(12)24-20(26-19(15)23-17(10-21)25-26)22-11-13-7-8-14(27-2)9-16(13)28-3;1-11-4-2-6-13-16(11)22-18(19)25-17(13)21-15(23-25)10-24-8-12-5-3-7-20-14(12)9-24;1-7-3-2-4-9-10(7)15-12(13)16-11(9)14-5-8(18)6-17;1-5-3-2-4-6-7(5)12-9(11)13-8(6)10;1-2-6-4-8-5-7(6)9-3-1/h4-9,26H,10-12H2,1-3H3,(H2,22,23,24,25);4-9H,10-11H2,1-3H3,(H,22,24);2-7H,8-10H2,1H3,(H2,19,22);2-4,17H,5-6H2,1H3,(H,14,15,16);2-4H,1H3;1-3,8H,4-5H2. The van der Waals surface area contributed by atoms with Crippen molar-refractivity contribution in [2.45, 2.75) is 86.3 Å². The van der Waals surface area contributed by atoms with Crippen molar-refractivity contribution in [3.63, 3.8) is 0 Å². The number of rotatable bonds is 21. The highest BCUT2D eigenvalue weighted by Crippen LogP contribution is 2.33. The number of hydrogen-bond acceptors (Lipinski definition) is 29. The van der Waals surface area contributed by atoms with Gasteiger partial charge in [0.1, 0.15) is 53.0 Å². The fourth-order valence-corrected chi connectivity index (χ4v) is 14.3. The van der Waals surface area contributed by atoms with Crippen LogP contribution in [0.25, 0.3) is 65.8 Å². The van der Waals surface area contributed by atoms with Crippen LogP contribution in [0.4, 0.5) is 29.5 Å². The minimum atomic E-state index is -0.516. The molecule has 0 unspecified atom stereocenters. The van der Waals surface area contributed by atoms with Gasteiger partial charge in [-0.15, -0.1) is 21.8 Å². The lowest BCUT2D eigenvalue weighted by molar-refractivity contribution is -0.120. The number of anilines is 5. The third-order valence-electron chi connectivity index (χ3n) is 19.8. The van der Waals surface area contributed by atoms with Crippen molar-refractivity contribution in [1.29, 1.82) is 0 Å². The monoisotopic (exact) mass is 1720 g/mol.